The number of carbonyl (C=O) groups excluding carboxylic acids is 1. The van der Waals surface area contributed by atoms with Crippen LogP contribution in [-0.2, 0) is 12.7 Å². The van der Waals surface area contributed by atoms with Crippen molar-refractivity contribution in [3.63, 3.8) is 0 Å². The topological polar surface area (TPSA) is 86.2 Å². The zero-order chi connectivity index (χ0) is 28.0. The Balaban J connectivity index is 1.18. The van der Waals surface area contributed by atoms with Gasteiger partial charge in [-0.1, -0.05) is 23.7 Å². The van der Waals surface area contributed by atoms with E-state index >= 15 is 0 Å². The Kier molecular flexibility index (Phi) is 6.61. The van der Waals surface area contributed by atoms with Gasteiger partial charge in [-0.05, 0) is 61.9 Å². The van der Waals surface area contributed by atoms with Crippen LogP contribution >= 0.6 is 11.6 Å². The minimum atomic E-state index is -4.77. The van der Waals surface area contributed by atoms with Gasteiger partial charge in [-0.25, -0.2) is 14.8 Å². The van der Waals surface area contributed by atoms with Crippen LogP contribution in [0.5, 0.6) is 0 Å². The molecular weight excluding hydrogens is 545 g/mol. The Morgan fingerprint density at radius 3 is 2.55 bits per heavy atom. The predicted octanol–water partition coefficient (Wildman–Crippen LogP) is 5.50. The molecule has 0 unspecified atom stereocenters. The molecule has 1 aromatic carbocycles. The fraction of sp³-hybridized carbons (Fsp3) is 0.286. The minimum absolute atomic E-state index is 0.0450. The highest BCUT2D eigenvalue weighted by atomic mass is 35.5. The molecule has 4 aromatic heterocycles. The van der Waals surface area contributed by atoms with E-state index < -0.39 is 23.3 Å². The van der Waals surface area contributed by atoms with E-state index in [-0.39, 0.29) is 22.7 Å². The van der Waals surface area contributed by atoms with E-state index in [9.17, 15) is 22.8 Å². The molecule has 1 aliphatic carbocycles. The third-order valence-corrected chi connectivity index (χ3v) is 7.68. The van der Waals surface area contributed by atoms with E-state index in [1.54, 1.807) is 21.7 Å². The van der Waals surface area contributed by atoms with Crippen molar-refractivity contribution in [1.82, 2.24) is 28.8 Å². The average Bonchev–Trinajstić information content (AvgIpc) is 3.51. The van der Waals surface area contributed by atoms with E-state index in [0.29, 0.717) is 32.2 Å². The molecule has 8 nitrogen and oxygen atoms in total. The number of aromatic nitrogens is 5. The highest BCUT2D eigenvalue weighted by molar-refractivity contribution is 6.30. The van der Waals surface area contributed by atoms with Crippen LogP contribution in [0.1, 0.15) is 41.7 Å². The van der Waals surface area contributed by atoms with Gasteiger partial charge in [0.15, 0.2) is 5.69 Å². The van der Waals surface area contributed by atoms with Crippen molar-refractivity contribution in [3.8, 4) is 5.69 Å². The summed E-state index contributed by atoms with van der Waals surface area (Å²) in [4.78, 5) is 33.9. The van der Waals surface area contributed by atoms with Crippen molar-refractivity contribution in [1.29, 1.82) is 0 Å². The summed E-state index contributed by atoms with van der Waals surface area (Å²) in [7, 11) is 0. The summed E-state index contributed by atoms with van der Waals surface area (Å²) in [5.41, 5.74) is 1.27. The van der Waals surface area contributed by atoms with Crippen LogP contribution in [0.3, 0.4) is 0 Å². The maximum atomic E-state index is 13.7. The molecule has 1 aliphatic rings. The van der Waals surface area contributed by atoms with Gasteiger partial charge in [0, 0.05) is 25.0 Å². The number of alkyl halides is 3. The Morgan fingerprint density at radius 2 is 1.80 bits per heavy atom. The smallest absolute Gasteiger partial charge is 0.349 e. The highest BCUT2D eigenvalue weighted by Gasteiger charge is 2.38. The zero-order valence-electron chi connectivity index (χ0n) is 21.1. The summed E-state index contributed by atoms with van der Waals surface area (Å²) in [5, 5.41) is 2.68. The molecule has 12 heteroatoms. The molecule has 6 rings (SSSR count). The molecular formula is C28H24ClF3N6O2. The number of nitrogens with one attached hydrogen (secondary N) is 1. The number of imidazole rings is 2. The molecule has 1 fully saturated rings. The summed E-state index contributed by atoms with van der Waals surface area (Å²) in [6, 6.07) is 12.1. The summed E-state index contributed by atoms with van der Waals surface area (Å²) < 4.78 is 45.4. The van der Waals surface area contributed by atoms with Gasteiger partial charge in [-0.15, -0.1) is 0 Å². The lowest BCUT2D eigenvalue weighted by molar-refractivity contribution is -0.141. The Labute approximate surface area is 231 Å². The molecule has 1 amide bonds. The maximum absolute atomic E-state index is 13.7. The molecule has 1 N–H and O–H groups in total. The molecule has 5 aromatic rings. The number of fused-ring (bicyclic) bond motifs is 2. The predicted molar refractivity (Wildman–Crippen MR) is 144 cm³/mol. The first-order valence-corrected chi connectivity index (χ1v) is 13.2. The monoisotopic (exact) mass is 568 g/mol. The van der Waals surface area contributed by atoms with Crippen LogP contribution < -0.4 is 11.0 Å². The van der Waals surface area contributed by atoms with Crippen molar-refractivity contribution in [2.24, 2.45) is 5.92 Å². The second kappa shape index (κ2) is 10.1. The first-order chi connectivity index (χ1) is 19.2. The third-order valence-electron chi connectivity index (χ3n) is 7.48. The van der Waals surface area contributed by atoms with Crippen molar-refractivity contribution in [3.05, 3.63) is 94.1 Å². The molecule has 0 bridgehead atoms. The van der Waals surface area contributed by atoms with Crippen LogP contribution in [-0.4, -0.2) is 35.5 Å². The van der Waals surface area contributed by atoms with E-state index in [4.69, 9.17) is 11.6 Å². The van der Waals surface area contributed by atoms with Gasteiger partial charge in [0.2, 0.25) is 0 Å². The SMILES string of the molecule is O=C(N[C@H]1CC[C@H](Cn2c(=O)n(-c3ccc4cncn4c3)c3ccccc32)CC1)c1cc(Cl)cnc1C(F)(F)F. The van der Waals surface area contributed by atoms with Crippen LogP contribution in [0.25, 0.3) is 22.2 Å². The first-order valence-electron chi connectivity index (χ1n) is 12.8. The van der Waals surface area contributed by atoms with Gasteiger partial charge < -0.3 is 9.72 Å². The molecule has 40 heavy (non-hydrogen) atoms. The quantitative estimate of drug-likeness (QED) is 0.303. The van der Waals surface area contributed by atoms with Crippen molar-refractivity contribution < 1.29 is 18.0 Å². The highest BCUT2D eigenvalue weighted by Crippen LogP contribution is 2.32. The summed E-state index contributed by atoms with van der Waals surface area (Å²) in [6.45, 7) is 0.497. The summed E-state index contributed by atoms with van der Waals surface area (Å²) in [5.74, 6) is -0.681. The van der Waals surface area contributed by atoms with Gasteiger partial charge in [0.25, 0.3) is 5.91 Å². The van der Waals surface area contributed by atoms with Crippen LogP contribution in [0.2, 0.25) is 5.02 Å². The van der Waals surface area contributed by atoms with Gasteiger partial charge in [-0.3, -0.25) is 13.9 Å². The molecule has 0 atom stereocenters. The number of hydrogen-bond acceptors (Lipinski definition) is 4. The number of amides is 1. The summed E-state index contributed by atoms with van der Waals surface area (Å²) >= 11 is 5.82. The van der Waals surface area contributed by atoms with E-state index in [1.807, 2.05) is 47.0 Å². The molecule has 206 valence electrons. The summed E-state index contributed by atoms with van der Waals surface area (Å²) in [6.07, 6.45) is 3.98. The van der Waals surface area contributed by atoms with Crippen molar-refractivity contribution in [2.75, 3.05) is 0 Å². The molecule has 0 radical (unpaired) electrons. The van der Waals surface area contributed by atoms with Gasteiger partial charge in [0.05, 0.1) is 45.3 Å². The van der Waals surface area contributed by atoms with E-state index in [2.05, 4.69) is 15.3 Å². The lowest BCUT2D eigenvalue weighted by Crippen LogP contribution is -2.39. The fourth-order valence-corrected chi connectivity index (χ4v) is 5.68. The number of benzene rings is 1. The first kappa shape index (κ1) is 26.1. The Bertz CT molecular complexity index is 1780. The number of rotatable bonds is 5. The van der Waals surface area contributed by atoms with Crippen LogP contribution in [0.4, 0.5) is 13.2 Å². The van der Waals surface area contributed by atoms with Gasteiger partial charge in [0.1, 0.15) is 0 Å². The Morgan fingerprint density at radius 1 is 1.05 bits per heavy atom. The van der Waals surface area contributed by atoms with Gasteiger partial charge >= 0.3 is 11.9 Å². The molecule has 0 saturated heterocycles. The van der Waals surface area contributed by atoms with Crippen molar-refractivity contribution in [2.45, 2.75) is 44.4 Å². The standard InChI is InChI=1S/C28H24ClF3N6O2/c29-18-11-22(25(34-12-18)28(30,31)32)26(39)35-19-7-5-17(6-8-19)14-37-23-3-1-2-4-24(23)38(27(37)40)21-10-9-20-13-33-16-36(20)15-21/h1-4,9-13,15-17,19H,5-8,14H2,(H,35,39)/t17-,19-. The van der Waals surface area contributed by atoms with Crippen molar-refractivity contribution >= 4 is 34.1 Å². The number of halogens is 4. The largest absolute Gasteiger partial charge is 0.434 e. The number of hydrogen-bond donors (Lipinski definition) is 1. The fourth-order valence-electron chi connectivity index (χ4n) is 5.52. The van der Waals surface area contributed by atoms with Gasteiger partial charge in [-0.2, -0.15) is 13.2 Å². The zero-order valence-corrected chi connectivity index (χ0v) is 21.9. The number of nitrogens with zero attached hydrogens (tertiary/aromatic N) is 5. The second-order valence-corrected chi connectivity index (χ2v) is 10.5. The number of para-hydroxylation sites is 2. The Hall–Kier alpha value is -4.12. The molecule has 4 heterocycles. The second-order valence-electron chi connectivity index (χ2n) is 10.1. The maximum Gasteiger partial charge on any atom is 0.434 e. The van der Waals surface area contributed by atoms with E-state index in [0.717, 1.165) is 34.5 Å². The average molecular weight is 569 g/mol. The lowest BCUT2D eigenvalue weighted by Gasteiger charge is -2.29. The van der Waals surface area contributed by atoms with Crippen LogP contribution in [0, 0.1) is 5.92 Å². The van der Waals surface area contributed by atoms with E-state index in [1.165, 1.54) is 0 Å². The molecule has 1 saturated carbocycles. The molecule has 0 spiro atoms. The number of pyridine rings is 2. The lowest BCUT2D eigenvalue weighted by atomic mass is 9.85. The van der Waals surface area contributed by atoms with Crippen LogP contribution in [0.15, 0.2) is 72.2 Å². The molecule has 0 aliphatic heterocycles. The third kappa shape index (κ3) is 4.85. The normalized spacial score (nSPS) is 17.9. The number of carbonyl (C=O) groups is 1. The minimum Gasteiger partial charge on any atom is -0.349 e.